The summed E-state index contributed by atoms with van der Waals surface area (Å²) in [5, 5.41) is 0. The van der Waals surface area contributed by atoms with Gasteiger partial charge in [0.15, 0.2) is 0 Å². The van der Waals surface area contributed by atoms with E-state index in [1.54, 1.807) is 12.2 Å². The fourth-order valence-corrected chi connectivity index (χ4v) is 0.662. The van der Waals surface area contributed by atoms with E-state index >= 15 is 0 Å². The van der Waals surface area contributed by atoms with E-state index in [0.717, 1.165) is 12.2 Å². The largest absolute Gasteiger partial charge is 0.462 e. The van der Waals surface area contributed by atoms with E-state index in [1.165, 1.54) is 0 Å². The molecule has 0 rings (SSSR count). The molecule has 15 heavy (non-hydrogen) atoms. The van der Waals surface area contributed by atoms with Gasteiger partial charge in [0, 0.05) is 12.2 Å². The molecule has 0 bridgehead atoms. The first-order valence-electron chi connectivity index (χ1n) is 4.44. The Kier molecular flexibility index (Phi) is 7.67. The standard InChI is InChI=1S/C11H14O4/c1-3-10(12)14-8-6-5-7-9-15-11(13)4-2/h3-6H,1-2,7-9H2/b6-5+. The first-order valence-corrected chi connectivity index (χ1v) is 4.44. The van der Waals surface area contributed by atoms with Gasteiger partial charge >= 0.3 is 11.9 Å². The van der Waals surface area contributed by atoms with Crippen LogP contribution in [0.4, 0.5) is 0 Å². The van der Waals surface area contributed by atoms with Gasteiger partial charge in [-0.2, -0.15) is 0 Å². The second-order valence-corrected chi connectivity index (χ2v) is 2.47. The third kappa shape index (κ3) is 8.49. The molecule has 0 aliphatic heterocycles. The Bertz CT molecular complexity index is 266. The summed E-state index contributed by atoms with van der Waals surface area (Å²) in [6, 6.07) is 0. The number of esters is 2. The lowest BCUT2D eigenvalue weighted by molar-refractivity contribution is -0.137. The molecule has 0 aromatic heterocycles. The number of carbonyl (C=O) groups is 2. The molecule has 0 aromatic carbocycles. The number of hydrogen-bond donors (Lipinski definition) is 0. The molecule has 0 unspecified atom stereocenters. The van der Waals surface area contributed by atoms with Crippen molar-refractivity contribution in [3.05, 3.63) is 37.5 Å². The molecule has 0 aromatic rings. The summed E-state index contributed by atoms with van der Waals surface area (Å²) in [5.41, 5.74) is 0. The Balaban J connectivity index is 3.39. The quantitative estimate of drug-likeness (QED) is 0.276. The fourth-order valence-electron chi connectivity index (χ4n) is 0.662. The highest BCUT2D eigenvalue weighted by Gasteiger charge is 1.92. The van der Waals surface area contributed by atoms with Crippen LogP contribution < -0.4 is 0 Å². The fraction of sp³-hybridized carbons (Fsp3) is 0.273. The average molecular weight is 210 g/mol. The summed E-state index contributed by atoms with van der Waals surface area (Å²) in [4.78, 5) is 21.2. The van der Waals surface area contributed by atoms with Crippen LogP contribution in [-0.4, -0.2) is 25.2 Å². The van der Waals surface area contributed by atoms with Gasteiger partial charge in [0.2, 0.25) is 0 Å². The van der Waals surface area contributed by atoms with E-state index < -0.39 is 11.9 Å². The summed E-state index contributed by atoms with van der Waals surface area (Å²) in [6.45, 7) is 6.99. The number of ether oxygens (including phenoxy) is 2. The Morgan fingerprint density at radius 3 is 2.20 bits per heavy atom. The van der Waals surface area contributed by atoms with Gasteiger partial charge in [0.1, 0.15) is 6.61 Å². The highest BCUT2D eigenvalue weighted by atomic mass is 16.5. The van der Waals surface area contributed by atoms with Crippen LogP contribution in [0.1, 0.15) is 6.42 Å². The van der Waals surface area contributed by atoms with Gasteiger partial charge in [-0.25, -0.2) is 9.59 Å². The third-order valence-corrected chi connectivity index (χ3v) is 1.35. The van der Waals surface area contributed by atoms with Crippen LogP contribution in [0, 0.1) is 0 Å². The Morgan fingerprint density at radius 1 is 1.00 bits per heavy atom. The molecule has 4 nitrogen and oxygen atoms in total. The molecule has 0 amide bonds. The van der Waals surface area contributed by atoms with Crippen LogP contribution in [0.25, 0.3) is 0 Å². The van der Waals surface area contributed by atoms with E-state index in [2.05, 4.69) is 17.9 Å². The second-order valence-electron chi connectivity index (χ2n) is 2.47. The van der Waals surface area contributed by atoms with Crippen molar-refractivity contribution in [1.29, 1.82) is 0 Å². The Hall–Kier alpha value is -1.84. The molecular weight excluding hydrogens is 196 g/mol. The van der Waals surface area contributed by atoms with Crippen LogP contribution in [0.2, 0.25) is 0 Å². The number of rotatable bonds is 7. The maximum Gasteiger partial charge on any atom is 0.330 e. The molecule has 0 atom stereocenters. The van der Waals surface area contributed by atoms with Crippen molar-refractivity contribution < 1.29 is 19.1 Å². The van der Waals surface area contributed by atoms with Gasteiger partial charge in [-0.3, -0.25) is 0 Å². The van der Waals surface area contributed by atoms with Crippen molar-refractivity contribution in [3.63, 3.8) is 0 Å². The van der Waals surface area contributed by atoms with Crippen LogP contribution in [0.5, 0.6) is 0 Å². The zero-order valence-corrected chi connectivity index (χ0v) is 8.48. The molecule has 0 aliphatic carbocycles. The summed E-state index contributed by atoms with van der Waals surface area (Å²) in [5.74, 6) is -0.903. The maximum atomic E-state index is 10.6. The van der Waals surface area contributed by atoms with Gasteiger partial charge in [-0.1, -0.05) is 25.3 Å². The molecule has 4 heteroatoms. The monoisotopic (exact) mass is 210 g/mol. The predicted molar refractivity (Wildman–Crippen MR) is 56.1 cm³/mol. The summed E-state index contributed by atoms with van der Waals surface area (Å²) < 4.78 is 9.38. The third-order valence-electron chi connectivity index (χ3n) is 1.35. The second kappa shape index (κ2) is 8.74. The molecule has 0 N–H and O–H groups in total. The van der Waals surface area contributed by atoms with Crippen LogP contribution >= 0.6 is 0 Å². The lowest BCUT2D eigenvalue weighted by atomic mass is 10.4. The van der Waals surface area contributed by atoms with Crippen LogP contribution in [0.15, 0.2) is 37.5 Å². The van der Waals surface area contributed by atoms with Gasteiger partial charge in [-0.15, -0.1) is 0 Å². The minimum Gasteiger partial charge on any atom is -0.462 e. The zero-order valence-electron chi connectivity index (χ0n) is 8.48. The summed E-state index contributed by atoms with van der Waals surface area (Å²) in [6.07, 6.45) is 6.20. The number of carbonyl (C=O) groups excluding carboxylic acids is 2. The zero-order chi connectivity index (χ0) is 11.5. The van der Waals surface area contributed by atoms with Gasteiger partial charge in [0.05, 0.1) is 6.61 Å². The highest BCUT2D eigenvalue weighted by Crippen LogP contribution is 1.88. The molecule has 0 saturated carbocycles. The van der Waals surface area contributed by atoms with E-state index in [1.807, 2.05) is 0 Å². The molecule has 0 radical (unpaired) electrons. The van der Waals surface area contributed by atoms with Crippen molar-refractivity contribution in [3.8, 4) is 0 Å². The topological polar surface area (TPSA) is 52.6 Å². The number of hydrogen-bond acceptors (Lipinski definition) is 4. The van der Waals surface area contributed by atoms with Crippen molar-refractivity contribution in [1.82, 2.24) is 0 Å². The van der Waals surface area contributed by atoms with Gasteiger partial charge in [0.25, 0.3) is 0 Å². The lowest BCUT2D eigenvalue weighted by Crippen LogP contribution is -2.01. The minimum atomic E-state index is -0.460. The molecule has 82 valence electrons. The molecule has 0 saturated heterocycles. The first kappa shape index (κ1) is 13.2. The van der Waals surface area contributed by atoms with E-state index in [4.69, 9.17) is 4.74 Å². The van der Waals surface area contributed by atoms with Crippen LogP contribution in [-0.2, 0) is 19.1 Å². The van der Waals surface area contributed by atoms with Crippen molar-refractivity contribution in [2.45, 2.75) is 6.42 Å². The normalized spacial score (nSPS) is 9.60. The van der Waals surface area contributed by atoms with E-state index in [9.17, 15) is 9.59 Å². The van der Waals surface area contributed by atoms with Crippen molar-refractivity contribution in [2.75, 3.05) is 13.2 Å². The summed E-state index contributed by atoms with van der Waals surface area (Å²) in [7, 11) is 0. The highest BCUT2D eigenvalue weighted by molar-refractivity contribution is 5.81. The van der Waals surface area contributed by atoms with Gasteiger partial charge < -0.3 is 9.47 Å². The van der Waals surface area contributed by atoms with Crippen molar-refractivity contribution >= 4 is 11.9 Å². The molecule has 0 fully saturated rings. The van der Waals surface area contributed by atoms with Crippen LogP contribution in [0.3, 0.4) is 0 Å². The Morgan fingerprint density at radius 2 is 1.60 bits per heavy atom. The smallest absolute Gasteiger partial charge is 0.330 e. The molecular formula is C11H14O4. The first-order chi connectivity index (χ1) is 7.20. The Labute approximate surface area is 88.9 Å². The maximum absolute atomic E-state index is 10.6. The minimum absolute atomic E-state index is 0.195. The van der Waals surface area contributed by atoms with Crippen molar-refractivity contribution in [2.24, 2.45) is 0 Å². The molecule has 0 spiro atoms. The molecule has 0 aliphatic rings. The lowest BCUT2D eigenvalue weighted by Gasteiger charge is -1.98. The predicted octanol–water partition coefficient (Wildman–Crippen LogP) is 1.39. The van der Waals surface area contributed by atoms with E-state index in [-0.39, 0.29) is 13.2 Å². The average Bonchev–Trinajstić information content (AvgIpc) is 2.26. The SMILES string of the molecule is C=CC(=O)OC/C=C/CCOC(=O)C=C. The molecule has 0 heterocycles. The van der Waals surface area contributed by atoms with E-state index in [0.29, 0.717) is 6.42 Å². The van der Waals surface area contributed by atoms with Gasteiger partial charge in [-0.05, 0) is 6.42 Å². The summed E-state index contributed by atoms with van der Waals surface area (Å²) >= 11 is 0.